The summed E-state index contributed by atoms with van der Waals surface area (Å²) in [6, 6.07) is 17.2. The summed E-state index contributed by atoms with van der Waals surface area (Å²) in [7, 11) is -3.45. The van der Waals surface area contributed by atoms with Crippen LogP contribution in [0.4, 0.5) is 5.69 Å². The van der Waals surface area contributed by atoms with Crippen molar-refractivity contribution in [2.75, 3.05) is 57.3 Å². The van der Waals surface area contributed by atoms with Crippen molar-refractivity contribution in [3.8, 4) is 0 Å². The van der Waals surface area contributed by atoms with Crippen molar-refractivity contribution in [3.63, 3.8) is 0 Å². The molecule has 1 amide bonds. The van der Waals surface area contributed by atoms with E-state index < -0.39 is 10.0 Å². The highest BCUT2D eigenvalue weighted by atomic mass is 32.2. The van der Waals surface area contributed by atoms with E-state index in [9.17, 15) is 13.2 Å². The minimum absolute atomic E-state index is 0.144. The number of benzene rings is 2. The predicted octanol–water partition coefficient (Wildman–Crippen LogP) is 3.20. The molecule has 0 saturated carbocycles. The summed E-state index contributed by atoms with van der Waals surface area (Å²) in [5.41, 5.74) is 2.06. The second kappa shape index (κ2) is 12.3. The summed E-state index contributed by atoms with van der Waals surface area (Å²) in [5, 5.41) is 2.94. The first-order valence-electron chi connectivity index (χ1n) is 12.6. The highest BCUT2D eigenvalue weighted by Crippen LogP contribution is 2.21. The zero-order chi connectivity index (χ0) is 24.5. The van der Waals surface area contributed by atoms with E-state index in [1.165, 1.54) is 11.8 Å². The molecule has 1 N–H and O–H groups in total. The van der Waals surface area contributed by atoms with Gasteiger partial charge in [0.2, 0.25) is 15.9 Å². The van der Waals surface area contributed by atoms with Gasteiger partial charge in [-0.25, -0.2) is 8.42 Å². The van der Waals surface area contributed by atoms with Crippen LogP contribution in [-0.2, 0) is 14.8 Å². The van der Waals surface area contributed by atoms with Gasteiger partial charge in [0.1, 0.15) is 0 Å². The minimum atomic E-state index is -3.45. The van der Waals surface area contributed by atoms with Crippen LogP contribution in [0.5, 0.6) is 0 Å². The Morgan fingerprint density at radius 1 is 0.829 bits per heavy atom. The van der Waals surface area contributed by atoms with Gasteiger partial charge in [-0.15, -0.1) is 0 Å². The topological polar surface area (TPSA) is 73.0 Å². The first-order valence-corrected chi connectivity index (χ1v) is 14.0. The maximum absolute atomic E-state index is 12.9. The van der Waals surface area contributed by atoms with E-state index in [1.807, 2.05) is 6.07 Å². The molecule has 0 spiro atoms. The Morgan fingerprint density at radius 2 is 1.49 bits per heavy atom. The molecule has 2 aliphatic rings. The van der Waals surface area contributed by atoms with Crippen molar-refractivity contribution in [1.29, 1.82) is 0 Å². The van der Waals surface area contributed by atoms with E-state index in [0.29, 0.717) is 24.5 Å². The molecule has 35 heavy (non-hydrogen) atoms. The zero-order valence-corrected chi connectivity index (χ0v) is 21.1. The SMILES string of the molecule is O=C(/C=C/c1ccc(S(=O)(=O)N2CCCCCC2)cc1)NCCN1CCN(c2ccccc2)CC1. The van der Waals surface area contributed by atoms with E-state index in [-0.39, 0.29) is 5.91 Å². The van der Waals surface area contributed by atoms with Gasteiger partial charge in [0.05, 0.1) is 4.90 Å². The van der Waals surface area contributed by atoms with Crippen molar-refractivity contribution >= 4 is 27.7 Å². The van der Waals surface area contributed by atoms with Crippen LogP contribution in [0.3, 0.4) is 0 Å². The zero-order valence-electron chi connectivity index (χ0n) is 20.3. The molecule has 0 unspecified atom stereocenters. The van der Waals surface area contributed by atoms with E-state index in [1.54, 1.807) is 34.6 Å². The molecule has 188 valence electrons. The molecule has 4 rings (SSSR count). The Kier molecular flexibility index (Phi) is 8.95. The fourth-order valence-corrected chi connectivity index (χ4v) is 6.14. The maximum Gasteiger partial charge on any atom is 0.244 e. The first-order chi connectivity index (χ1) is 17.0. The van der Waals surface area contributed by atoms with Crippen LogP contribution >= 0.6 is 0 Å². The molecule has 2 aromatic rings. The number of anilines is 1. The molecule has 2 heterocycles. The van der Waals surface area contributed by atoms with Gasteiger partial charge in [0.25, 0.3) is 0 Å². The molecule has 0 aromatic heterocycles. The van der Waals surface area contributed by atoms with E-state index in [2.05, 4.69) is 39.4 Å². The van der Waals surface area contributed by atoms with Crippen LogP contribution in [0.15, 0.2) is 65.6 Å². The van der Waals surface area contributed by atoms with Crippen LogP contribution in [0.2, 0.25) is 0 Å². The molecule has 8 heteroatoms. The quantitative estimate of drug-likeness (QED) is 0.569. The highest BCUT2D eigenvalue weighted by molar-refractivity contribution is 7.89. The Balaban J connectivity index is 1.19. The van der Waals surface area contributed by atoms with Gasteiger partial charge >= 0.3 is 0 Å². The monoisotopic (exact) mass is 496 g/mol. The normalized spacial score (nSPS) is 18.5. The standard InChI is InChI=1S/C27H36N4O3S/c32-27(28-16-19-29-20-22-30(23-21-29)25-8-4-3-5-9-25)15-12-24-10-13-26(14-11-24)35(33,34)31-17-6-1-2-7-18-31/h3-5,8-15H,1-2,6-7,16-23H2,(H,28,32)/b15-12+. The second-order valence-corrected chi connectivity index (χ2v) is 11.1. The summed E-state index contributed by atoms with van der Waals surface area (Å²) in [5.74, 6) is -0.144. The third-order valence-electron chi connectivity index (χ3n) is 6.73. The van der Waals surface area contributed by atoms with E-state index in [4.69, 9.17) is 0 Å². The number of hydrogen-bond donors (Lipinski definition) is 1. The summed E-state index contributed by atoms with van der Waals surface area (Å²) in [6.07, 6.45) is 7.23. The van der Waals surface area contributed by atoms with Crippen LogP contribution < -0.4 is 10.2 Å². The van der Waals surface area contributed by atoms with Crippen molar-refractivity contribution in [1.82, 2.24) is 14.5 Å². The molecular formula is C27H36N4O3S. The number of hydrogen-bond acceptors (Lipinski definition) is 5. The van der Waals surface area contributed by atoms with Crippen molar-refractivity contribution in [3.05, 3.63) is 66.2 Å². The predicted molar refractivity (Wildman–Crippen MR) is 141 cm³/mol. The minimum Gasteiger partial charge on any atom is -0.369 e. The van der Waals surface area contributed by atoms with Crippen LogP contribution in [0, 0.1) is 0 Å². The van der Waals surface area contributed by atoms with E-state index in [0.717, 1.165) is 64.0 Å². The molecule has 0 atom stereocenters. The first kappa shape index (κ1) is 25.4. The molecule has 0 bridgehead atoms. The van der Waals surface area contributed by atoms with Crippen molar-refractivity contribution < 1.29 is 13.2 Å². The molecule has 2 fully saturated rings. The maximum atomic E-state index is 12.9. The Morgan fingerprint density at radius 3 is 2.14 bits per heavy atom. The fraction of sp³-hybridized carbons (Fsp3) is 0.444. The average molecular weight is 497 g/mol. The van der Waals surface area contributed by atoms with Gasteiger partial charge in [-0.05, 0) is 48.7 Å². The number of para-hydroxylation sites is 1. The summed E-state index contributed by atoms with van der Waals surface area (Å²) in [4.78, 5) is 17.3. The van der Waals surface area contributed by atoms with E-state index >= 15 is 0 Å². The van der Waals surface area contributed by atoms with Gasteiger partial charge in [0, 0.05) is 64.1 Å². The molecule has 7 nitrogen and oxygen atoms in total. The largest absolute Gasteiger partial charge is 0.369 e. The summed E-state index contributed by atoms with van der Waals surface area (Å²) >= 11 is 0. The number of amides is 1. The molecular weight excluding hydrogens is 460 g/mol. The lowest BCUT2D eigenvalue weighted by Gasteiger charge is -2.36. The second-order valence-electron chi connectivity index (χ2n) is 9.18. The Bertz CT molecular complexity index is 1070. The third-order valence-corrected chi connectivity index (χ3v) is 8.64. The molecule has 0 aliphatic carbocycles. The van der Waals surface area contributed by atoms with Crippen molar-refractivity contribution in [2.24, 2.45) is 0 Å². The summed E-state index contributed by atoms with van der Waals surface area (Å²) in [6.45, 7) is 6.54. The Labute approximate surface area is 209 Å². The number of nitrogens with zero attached hydrogens (tertiary/aromatic N) is 3. The number of sulfonamides is 1. The fourth-order valence-electron chi connectivity index (χ4n) is 4.62. The van der Waals surface area contributed by atoms with Crippen molar-refractivity contribution in [2.45, 2.75) is 30.6 Å². The van der Waals surface area contributed by atoms with Crippen LogP contribution in [0.25, 0.3) is 6.08 Å². The highest BCUT2D eigenvalue weighted by Gasteiger charge is 2.24. The molecule has 2 aliphatic heterocycles. The number of rotatable bonds is 8. The lowest BCUT2D eigenvalue weighted by molar-refractivity contribution is -0.116. The number of carbonyl (C=O) groups is 1. The molecule has 2 saturated heterocycles. The number of carbonyl (C=O) groups excluding carboxylic acids is 1. The lowest BCUT2D eigenvalue weighted by Crippen LogP contribution is -2.48. The van der Waals surface area contributed by atoms with Gasteiger partial charge in [0.15, 0.2) is 0 Å². The average Bonchev–Trinajstić information content (AvgIpc) is 3.19. The smallest absolute Gasteiger partial charge is 0.244 e. The van der Waals surface area contributed by atoms with Gasteiger partial charge in [-0.3, -0.25) is 9.69 Å². The van der Waals surface area contributed by atoms with Gasteiger partial charge < -0.3 is 10.2 Å². The third kappa shape index (κ3) is 7.16. The lowest BCUT2D eigenvalue weighted by atomic mass is 10.2. The molecule has 0 radical (unpaired) electrons. The van der Waals surface area contributed by atoms with Crippen LogP contribution in [0.1, 0.15) is 31.2 Å². The number of piperazine rings is 1. The van der Waals surface area contributed by atoms with Gasteiger partial charge in [-0.1, -0.05) is 43.2 Å². The summed E-state index contributed by atoms with van der Waals surface area (Å²) < 4.78 is 27.4. The number of nitrogens with one attached hydrogen (secondary N) is 1. The van der Waals surface area contributed by atoms with Crippen LogP contribution in [-0.4, -0.2) is 75.9 Å². The van der Waals surface area contributed by atoms with Gasteiger partial charge in [-0.2, -0.15) is 4.31 Å². The molecule has 2 aromatic carbocycles. The Hall–Kier alpha value is -2.68.